The second-order valence-electron chi connectivity index (χ2n) is 8.63. The van der Waals surface area contributed by atoms with E-state index in [1.165, 1.54) is 12.8 Å². The summed E-state index contributed by atoms with van der Waals surface area (Å²) in [7, 11) is 2.06. The van der Waals surface area contributed by atoms with Crippen molar-refractivity contribution >= 4 is 23.1 Å². The molecule has 32 heavy (non-hydrogen) atoms. The van der Waals surface area contributed by atoms with Crippen LogP contribution in [0.25, 0.3) is 0 Å². The minimum absolute atomic E-state index is 0. The first-order valence-corrected chi connectivity index (χ1v) is 11.5. The quantitative estimate of drug-likeness (QED) is 0.577. The predicted octanol–water partition coefficient (Wildman–Crippen LogP) is 3.80. The fourth-order valence-corrected chi connectivity index (χ4v) is 4.43. The maximum absolute atomic E-state index is 12.3. The summed E-state index contributed by atoms with van der Waals surface area (Å²) in [6.45, 7) is 2.81. The van der Waals surface area contributed by atoms with E-state index >= 15 is 0 Å². The zero-order valence-electron chi connectivity index (χ0n) is 18.7. The first kappa shape index (κ1) is 22.4. The summed E-state index contributed by atoms with van der Waals surface area (Å²) in [4.78, 5) is 21.2. The van der Waals surface area contributed by atoms with Crippen LogP contribution in [0.5, 0.6) is 5.88 Å². The lowest BCUT2D eigenvalue weighted by Gasteiger charge is -2.24. The Bertz CT molecular complexity index is 875. The van der Waals surface area contributed by atoms with Gasteiger partial charge in [0.25, 0.3) is 0 Å². The van der Waals surface area contributed by atoms with Crippen LogP contribution in [-0.2, 0) is 0 Å². The molecule has 4 rings (SSSR count). The third-order valence-electron chi connectivity index (χ3n) is 6.31. The third kappa shape index (κ3) is 5.89. The Morgan fingerprint density at radius 3 is 2.56 bits per heavy atom. The number of hydrogen-bond donors (Lipinski definition) is 3. The van der Waals surface area contributed by atoms with Crippen molar-refractivity contribution in [2.24, 2.45) is 0 Å². The van der Waals surface area contributed by atoms with Crippen LogP contribution in [0, 0.1) is 0 Å². The van der Waals surface area contributed by atoms with Gasteiger partial charge in [-0.2, -0.15) is 0 Å². The highest BCUT2D eigenvalue weighted by atomic mass is 16.5. The Kier molecular flexibility index (Phi) is 7.44. The van der Waals surface area contributed by atoms with Crippen molar-refractivity contribution < 1.29 is 16.1 Å². The van der Waals surface area contributed by atoms with Crippen LogP contribution in [0.1, 0.15) is 33.5 Å². The van der Waals surface area contributed by atoms with Gasteiger partial charge in [-0.15, -0.1) is 0 Å². The van der Waals surface area contributed by atoms with Gasteiger partial charge in [-0.1, -0.05) is 0 Å². The number of nitrogens with one attached hydrogen (secondary N) is 2. The van der Waals surface area contributed by atoms with Gasteiger partial charge in [-0.05, 0) is 69.5 Å². The Hall–Kier alpha value is -2.84. The number of aliphatic hydroxyl groups is 1. The maximum atomic E-state index is 12.3. The van der Waals surface area contributed by atoms with Gasteiger partial charge in [0.1, 0.15) is 6.10 Å². The summed E-state index contributed by atoms with van der Waals surface area (Å²) < 4.78 is 5.86. The lowest BCUT2D eigenvalue weighted by Crippen LogP contribution is -2.36. The van der Waals surface area contributed by atoms with Crippen LogP contribution in [0.2, 0.25) is 0 Å². The highest BCUT2D eigenvalue weighted by Crippen LogP contribution is 2.25. The Labute approximate surface area is 191 Å². The molecule has 2 aliphatic rings. The molecular weight excluding hydrogens is 406 g/mol. The molecule has 0 radical (unpaired) electrons. The van der Waals surface area contributed by atoms with Crippen molar-refractivity contribution in [3.63, 3.8) is 0 Å². The van der Waals surface area contributed by atoms with Gasteiger partial charge in [-0.25, -0.2) is 9.78 Å². The molecule has 2 aromatic rings. The number of nitrogens with zero attached hydrogens (tertiary/aromatic N) is 3. The van der Waals surface area contributed by atoms with E-state index in [9.17, 15) is 4.79 Å². The fourth-order valence-electron chi connectivity index (χ4n) is 4.43. The van der Waals surface area contributed by atoms with Crippen molar-refractivity contribution in [1.82, 2.24) is 9.88 Å². The molecule has 1 saturated carbocycles. The number of carbonyl (C=O) groups excluding carboxylic acids is 1. The largest absolute Gasteiger partial charge is 0.474 e. The van der Waals surface area contributed by atoms with E-state index < -0.39 is 0 Å². The number of carbonyl (C=O) groups is 1. The summed E-state index contributed by atoms with van der Waals surface area (Å²) in [5.74, 6) is 0.602. The van der Waals surface area contributed by atoms with Crippen molar-refractivity contribution in [3.8, 4) is 5.88 Å². The van der Waals surface area contributed by atoms with Crippen LogP contribution >= 0.6 is 0 Å². The van der Waals surface area contributed by atoms with Crippen molar-refractivity contribution in [3.05, 3.63) is 42.6 Å². The standard InChI is InChI=1S/C24H33N5O3.H2/c1-28(14-15-30)21-12-13-29(17-21)20-9-6-18(7-10-20)26-24(31)27-19-8-11-23(25-16-19)32-22-4-2-3-5-22;/h6-11,16,21-22,30H,2-5,12-15,17H2,1H3,(H2,26,27,31);1H. The third-order valence-corrected chi connectivity index (χ3v) is 6.31. The number of ether oxygens (including phenoxy) is 1. The predicted molar refractivity (Wildman–Crippen MR) is 129 cm³/mol. The van der Waals surface area contributed by atoms with Crippen molar-refractivity contribution in [2.75, 3.05) is 48.8 Å². The SMILES string of the molecule is CN(CCO)C1CCN(c2ccc(NC(=O)Nc3ccc(OC4CCCC4)nc3)cc2)C1.[HH]. The molecule has 0 spiro atoms. The summed E-state index contributed by atoms with van der Waals surface area (Å²) in [5.41, 5.74) is 2.49. The molecule has 1 aromatic carbocycles. The van der Waals surface area contributed by atoms with E-state index in [2.05, 4.69) is 32.5 Å². The van der Waals surface area contributed by atoms with Gasteiger partial charge in [0.05, 0.1) is 18.5 Å². The molecule has 1 unspecified atom stereocenters. The molecule has 8 nitrogen and oxygen atoms in total. The highest BCUT2D eigenvalue weighted by Gasteiger charge is 2.25. The molecule has 1 saturated heterocycles. The van der Waals surface area contributed by atoms with Crippen LogP contribution in [-0.4, -0.2) is 66.5 Å². The van der Waals surface area contributed by atoms with E-state index in [0.717, 1.165) is 43.7 Å². The zero-order chi connectivity index (χ0) is 22.3. The van der Waals surface area contributed by atoms with Gasteiger partial charge in [0.15, 0.2) is 0 Å². The van der Waals surface area contributed by atoms with E-state index in [1.54, 1.807) is 18.3 Å². The number of likely N-dealkylation sites (N-methyl/N-ethyl adjacent to an activating group) is 1. The first-order chi connectivity index (χ1) is 15.6. The molecule has 2 fully saturated rings. The molecular formula is C24H35N5O3. The second-order valence-corrected chi connectivity index (χ2v) is 8.63. The number of urea groups is 1. The molecule has 2 amide bonds. The average Bonchev–Trinajstić information content (AvgIpc) is 3.48. The topological polar surface area (TPSA) is 90.0 Å². The van der Waals surface area contributed by atoms with Crippen LogP contribution < -0.4 is 20.3 Å². The normalized spacial score (nSPS) is 18.8. The smallest absolute Gasteiger partial charge is 0.323 e. The van der Waals surface area contributed by atoms with E-state index in [4.69, 9.17) is 9.84 Å². The lowest BCUT2D eigenvalue weighted by atomic mass is 10.2. The van der Waals surface area contributed by atoms with Crippen molar-refractivity contribution in [2.45, 2.75) is 44.2 Å². The summed E-state index contributed by atoms with van der Waals surface area (Å²) >= 11 is 0. The van der Waals surface area contributed by atoms with Gasteiger partial charge >= 0.3 is 6.03 Å². The molecule has 1 aliphatic carbocycles. The second kappa shape index (κ2) is 10.7. The van der Waals surface area contributed by atoms with Gasteiger partial charge in [0, 0.05) is 44.5 Å². The number of benzene rings is 1. The average molecular weight is 442 g/mol. The fraction of sp³-hybridized carbons (Fsp3) is 0.500. The van der Waals surface area contributed by atoms with Crippen LogP contribution in [0.4, 0.5) is 21.9 Å². The van der Waals surface area contributed by atoms with Crippen LogP contribution in [0.3, 0.4) is 0 Å². The summed E-state index contributed by atoms with van der Waals surface area (Å²) in [5, 5.41) is 14.8. The van der Waals surface area contributed by atoms with E-state index in [-0.39, 0.29) is 20.2 Å². The number of aromatic nitrogens is 1. The van der Waals surface area contributed by atoms with E-state index in [0.29, 0.717) is 24.2 Å². The van der Waals surface area contributed by atoms with Gasteiger partial charge in [-0.3, -0.25) is 4.90 Å². The summed E-state index contributed by atoms with van der Waals surface area (Å²) in [6.07, 6.45) is 7.56. The number of pyridine rings is 1. The Morgan fingerprint density at radius 1 is 1.16 bits per heavy atom. The number of aliphatic hydroxyl groups excluding tert-OH is 1. The molecule has 8 heteroatoms. The number of amides is 2. The first-order valence-electron chi connectivity index (χ1n) is 11.5. The molecule has 1 aliphatic heterocycles. The number of hydrogen-bond acceptors (Lipinski definition) is 6. The zero-order valence-corrected chi connectivity index (χ0v) is 18.7. The Balaban J connectivity index is 0.00000306. The Morgan fingerprint density at radius 2 is 1.88 bits per heavy atom. The van der Waals surface area contributed by atoms with Crippen molar-refractivity contribution in [1.29, 1.82) is 0 Å². The number of anilines is 3. The highest BCUT2D eigenvalue weighted by molar-refractivity contribution is 5.99. The van der Waals surface area contributed by atoms with Gasteiger partial charge in [0.2, 0.25) is 5.88 Å². The lowest BCUT2D eigenvalue weighted by molar-refractivity contribution is 0.188. The molecule has 3 N–H and O–H groups in total. The molecule has 1 aromatic heterocycles. The minimum atomic E-state index is -0.309. The molecule has 2 heterocycles. The molecule has 0 bridgehead atoms. The monoisotopic (exact) mass is 441 g/mol. The van der Waals surface area contributed by atoms with E-state index in [1.807, 2.05) is 24.3 Å². The maximum Gasteiger partial charge on any atom is 0.323 e. The minimum Gasteiger partial charge on any atom is -0.474 e. The summed E-state index contributed by atoms with van der Waals surface area (Å²) in [6, 6.07) is 11.6. The molecule has 1 atom stereocenters. The van der Waals surface area contributed by atoms with Gasteiger partial charge < -0.3 is 25.4 Å². The number of rotatable bonds is 8. The van der Waals surface area contributed by atoms with Crippen LogP contribution in [0.15, 0.2) is 42.6 Å². The molecule has 174 valence electrons.